The van der Waals surface area contributed by atoms with Crippen LogP contribution in [0.15, 0.2) is 18.5 Å². The topological polar surface area (TPSA) is 65.5 Å². The lowest BCUT2D eigenvalue weighted by Crippen LogP contribution is -2.36. The van der Waals surface area contributed by atoms with Gasteiger partial charge in [-0.2, -0.15) is 0 Å². The standard InChI is InChI=1S/C11H15N3O2/c1-14-3-2-9(7-14)13-11(16)8-4-10(15)6-12-5-8/h4-6,9,15H,2-3,7H2,1H3,(H,13,16). The van der Waals surface area contributed by atoms with E-state index in [0.29, 0.717) is 5.56 Å². The van der Waals surface area contributed by atoms with Crippen LogP contribution in [-0.4, -0.2) is 47.1 Å². The van der Waals surface area contributed by atoms with E-state index in [2.05, 4.69) is 15.2 Å². The number of pyridine rings is 1. The van der Waals surface area contributed by atoms with Gasteiger partial charge in [-0.1, -0.05) is 0 Å². The summed E-state index contributed by atoms with van der Waals surface area (Å²) in [5.41, 5.74) is 0.398. The van der Waals surface area contributed by atoms with Crippen LogP contribution in [-0.2, 0) is 0 Å². The molecule has 1 atom stereocenters. The third-order valence-electron chi connectivity index (χ3n) is 2.71. The summed E-state index contributed by atoms with van der Waals surface area (Å²) in [6, 6.07) is 1.61. The van der Waals surface area contributed by atoms with Crippen molar-refractivity contribution in [2.75, 3.05) is 20.1 Å². The molecule has 0 radical (unpaired) electrons. The molecule has 0 saturated carbocycles. The van der Waals surface area contributed by atoms with Gasteiger partial charge in [0.25, 0.3) is 5.91 Å². The Morgan fingerprint density at radius 2 is 2.44 bits per heavy atom. The van der Waals surface area contributed by atoms with Crippen molar-refractivity contribution in [2.24, 2.45) is 0 Å². The minimum absolute atomic E-state index is 0.0104. The van der Waals surface area contributed by atoms with E-state index in [0.717, 1.165) is 19.5 Å². The second-order valence-electron chi connectivity index (χ2n) is 4.15. The van der Waals surface area contributed by atoms with Gasteiger partial charge in [0.1, 0.15) is 5.75 Å². The molecule has 0 spiro atoms. The molecular weight excluding hydrogens is 206 g/mol. The van der Waals surface area contributed by atoms with Crippen LogP contribution >= 0.6 is 0 Å². The first-order chi connectivity index (χ1) is 7.65. The Bertz CT molecular complexity index is 395. The van der Waals surface area contributed by atoms with Crippen LogP contribution in [0, 0.1) is 0 Å². The number of aromatic nitrogens is 1. The van der Waals surface area contributed by atoms with Gasteiger partial charge in [0, 0.05) is 18.8 Å². The smallest absolute Gasteiger partial charge is 0.253 e. The number of hydrogen-bond donors (Lipinski definition) is 2. The summed E-state index contributed by atoms with van der Waals surface area (Å²) in [5, 5.41) is 12.1. The number of likely N-dealkylation sites (tertiary alicyclic amines) is 1. The molecule has 1 aliphatic heterocycles. The van der Waals surface area contributed by atoms with Crippen molar-refractivity contribution in [3.05, 3.63) is 24.0 Å². The van der Waals surface area contributed by atoms with Crippen molar-refractivity contribution in [3.63, 3.8) is 0 Å². The molecule has 5 nitrogen and oxygen atoms in total. The highest BCUT2D eigenvalue weighted by Crippen LogP contribution is 2.10. The number of amides is 1. The van der Waals surface area contributed by atoms with Gasteiger partial charge in [0.15, 0.2) is 0 Å². The SMILES string of the molecule is CN1CCC(NC(=O)c2cncc(O)c2)C1. The molecule has 2 rings (SSSR count). The maximum absolute atomic E-state index is 11.8. The third kappa shape index (κ3) is 2.49. The molecule has 1 aliphatic rings. The largest absolute Gasteiger partial charge is 0.506 e. The number of nitrogens with one attached hydrogen (secondary N) is 1. The molecule has 86 valence electrons. The molecule has 2 N–H and O–H groups in total. The van der Waals surface area contributed by atoms with Crippen molar-refractivity contribution in [2.45, 2.75) is 12.5 Å². The minimum atomic E-state index is -0.177. The zero-order valence-electron chi connectivity index (χ0n) is 9.18. The lowest BCUT2D eigenvalue weighted by molar-refractivity contribution is 0.0937. The van der Waals surface area contributed by atoms with Gasteiger partial charge in [-0.25, -0.2) is 0 Å². The van der Waals surface area contributed by atoms with Crippen molar-refractivity contribution >= 4 is 5.91 Å². The van der Waals surface area contributed by atoms with Crippen molar-refractivity contribution in [3.8, 4) is 5.75 Å². The molecule has 16 heavy (non-hydrogen) atoms. The first-order valence-corrected chi connectivity index (χ1v) is 5.28. The first kappa shape index (κ1) is 10.9. The van der Waals surface area contributed by atoms with Crippen LogP contribution in [0.25, 0.3) is 0 Å². The molecule has 1 unspecified atom stereocenters. The van der Waals surface area contributed by atoms with Crippen LogP contribution in [0.3, 0.4) is 0 Å². The maximum atomic E-state index is 11.8. The third-order valence-corrected chi connectivity index (χ3v) is 2.71. The molecule has 5 heteroatoms. The van der Waals surface area contributed by atoms with Gasteiger partial charge < -0.3 is 15.3 Å². The van der Waals surface area contributed by atoms with E-state index in [4.69, 9.17) is 0 Å². The Morgan fingerprint density at radius 1 is 1.62 bits per heavy atom. The Morgan fingerprint density at radius 3 is 3.06 bits per heavy atom. The number of rotatable bonds is 2. The summed E-state index contributed by atoms with van der Waals surface area (Å²) in [6.07, 6.45) is 3.72. The maximum Gasteiger partial charge on any atom is 0.253 e. The van der Waals surface area contributed by atoms with Crippen molar-refractivity contribution in [1.82, 2.24) is 15.2 Å². The quantitative estimate of drug-likeness (QED) is 0.750. The summed E-state index contributed by atoms with van der Waals surface area (Å²) in [5.74, 6) is -0.167. The Labute approximate surface area is 94.1 Å². The van der Waals surface area contributed by atoms with E-state index in [1.165, 1.54) is 18.5 Å². The highest BCUT2D eigenvalue weighted by molar-refractivity contribution is 5.94. The first-order valence-electron chi connectivity index (χ1n) is 5.28. The molecule has 1 amide bonds. The molecule has 0 aromatic carbocycles. The summed E-state index contributed by atoms with van der Waals surface area (Å²) < 4.78 is 0. The van der Waals surface area contributed by atoms with Crippen molar-refractivity contribution < 1.29 is 9.90 Å². The van der Waals surface area contributed by atoms with Crippen LogP contribution in [0.2, 0.25) is 0 Å². The molecule has 0 bridgehead atoms. The summed E-state index contributed by atoms with van der Waals surface area (Å²) in [4.78, 5) is 17.7. The van der Waals surface area contributed by atoms with Gasteiger partial charge in [-0.15, -0.1) is 0 Å². The predicted octanol–water partition coefficient (Wildman–Crippen LogP) is 0.221. The Kier molecular flexibility index (Phi) is 3.05. The molecule has 0 aliphatic carbocycles. The second kappa shape index (κ2) is 4.49. The number of carbonyl (C=O) groups is 1. The van der Waals surface area contributed by atoms with E-state index in [1.807, 2.05) is 7.05 Å². The van der Waals surface area contributed by atoms with Crippen LogP contribution in [0.5, 0.6) is 5.75 Å². The van der Waals surface area contributed by atoms with Gasteiger partial charge in [-0.3, -0.25) is 9.78 Å². The molecule has 1 saturated heterocycles. The van der Waals surface area contributed by atoms with E-state index >= 15 is 0 Å². The molecular formula is C11H15N3O2. The normalized spacial score (nSPS) is 20.9. The number of carbonyl (C=O) groups excluding carboxylic acids is 1. The summed E-state index contributed by atoms with van der Waals surface area (Å²) in [6.45, 7) is 1.88. The molecule has 1 fully saturated rings. The predicted molar refractivity (Wildman–Crippen MR) is 59.3 cm³/mol. The zero-order chi connectivity index (χ0) is 11.5. The van der Waals surface area contributed by atoms with Gasteiger partial charge in [0.05, 0.1) is 11.8 Å². The van der Waals surface area contributed by atoms with E-state index in [1.54, 1.807) is 0 Å². The lowest BCUT2D eigenvalue weighted by atomic mass is 10.2. The Hall–Kier alpha value is -1.62. The van der Waals surface area contributed by atoms with Crippen LogP contribution < -0.4 is 5.32 Å². The molecule has 2 heterocycles. The number of nitrogens with zero attached hydrogens (tertiary/aromatic N) is 2. The molecule has 1 aromatic rings. The van der Waals surface area contributed by atoms with Crippen LogP contribution in [0.4, 0.5) is 0 Å². The fourth-order valence-corrected chi connectivity index (χ4v) is 1.87. The average Bonchev–Trinajstić information content (AvgIpc) is 2.64. The summed E-state index contributed by atoms with van der Waals surface area (Å²) >= 11 is 0. The van der Waals surface area contributed by atoms with E-state index in [9.17, 15) is 9.90 Å². The van der Waals surface area contributed by atoms with Crippen molar-refractivity contribution in [1.29, 1.82) is 0 Å². The van der Waals surface area contributed by atoms with E-state index < -0.39 is 0 Å². The highest BCUT2D eigenvalue weighted by atomic mass is 16.3. The van der Waals surface area contributed by atoms with E-state index in [-0.39, 0.29) is 17.7 Å². The lowest BCUT2D eigenvalue weighted by Gasteiger charge is -2.12. The Balaban J connectivity index is 1.98. The number of hydrogen-bond acceptors (Lipinski definition) is 4. The average molecular weight is 221 g/mol. The highest BCUT2D eigenvalue weighted by Gasteiger charge is 2.21. The zero-order valence-corrected chi connectivity index (χ0v) is 9.18. The minimum Gasteiger partial charge on any atom is -0.506 e. The monoisotopic (exact) mass is 221 g/mol. The van der Waals surface area contributed by atoms with Gasteiger partial charge in [0.2, 0.25) is 0 Å². The number of aromatic hydroxyl groups is 1. The summed E-state index contributed by atoms with van der Waals surface area (Å²) in [7, 11) is 2.03. The fraction of sp³-hybridized carbons (Fsp3) is 0.455. The number of likely N-dealkylation sites (N-methyl/N-ethyl adjacent to an activating group) is 1. The van der Waals surface area contributed by atoms with Gasteiger partial charge in [-0.05, 0) is 26.1 Å². The second-order valence-corrected chi connectivity index (χ2v) is 4.15. The molecule has 1 aromatic heterocycles. The van der Waals surface area contributed by atoms with Gasteiger partial charge >= 0.3 is 0 Å². The fourth-order valence-electron chi connectivity index (χ4n) is 1.87. The van der Waals surface area contributed by atoms with Crippen LogP contribution in [0.1, 0.15) is 16.8 Å².